The molecule has 0 fully saturated rings. The highest BCUT2D eigenvalue weighted by molar-refractivity contribution is 5.22. The van der Waals surface area contributed by atoms with Crippen LogP contribution in [0, 0.1) is 11.8 Å². The molecule has 0 rings (SSSR count). The average Bonchev–Trinajstić information content (AvgIpc) is 3.28. The van der Waals surface area contributed by atoms with Crippen molar-refractivity contribution in [2.45, 2.75) is 292 Å². The summed E-state index contributed by atoms with van der Waals surface area (Å²) in [5.74, 6) is 1.09. The third-order valence-electron chi connectivity index (χ3n) is 14.2. The van der Waals surface area contributed by atoms with Gasteiger partial charge in [0.25, 0.3) is 0 Å². The molecule has 0 heterocycles. The predicted octanol–water partition coefficient (Wildman–Crippen LogP) is 19.6. The van der Waals surface area contributed by atoms with Gasteiger partial charge >= 0.3 is 0 Å². The molecule has 4 N–H and O–H groups in total. The Hall–Kier alpha value is -2.46. The molecule has 1 unspecified atom stereocenters. The van der Waals surface area contributed by atoms with Crippen molar-refractivity contribution in [3.05, 3.63) is 84.4 Å². The van der Waals surface area contributed by atoms with Gasteiger partial charge in [0.1, 0.15) is 0 Å². The van der Waals surface area contributed by atoms with E-state index in [1.54, 1.807) is 5.57 Å². The fourth-order valence-electron chi connectivity index (χ4n) is 9.62. The maximum absolute atomic E-state index is 4.44. The van der Waals surface area contributed by atoms with Crippen molar-refractivity contribution in [1.29, 1.82) is 0 Å². The Morgan fingerprint density at radius 2 is 0.765 bits per heavy atom. The third kappa shape index (κ3) is 43.6. The van der Waals surface area contributed by atoms with Crippen molar-refractivity contribution in [2.75, 3.05) is 19.6 Å². The first-order valence-corrected chi connectivity index (χ1v) is 29.4. The van der Waals surface area contributed by atoms with E-state index in [1.165, 1.54) is 233 Å². The van der Waals surface area contributed by atoms with Gasteiger partial charge in [-0.25, -0.2) is 0 Å². The van der Waals surface area contributed by atoms with Crippen LogP contribution in [-0.2, 0) is 0 Å². The monoisotopic (exact) mass is 945 g/mol. The molecule has 0 aromatic rings. The molecule has 0 radical (unpaired) electrons. The molecule has 0 aromatic carbocycles. The largest absolute Gasteiger partial charge is 0.389 e. The second-order valence-corrected chi connectivity index (χ2v) is 22.1. The number of hydrogen-bond acceptors (Lipinski definition) is 4. The predicted molar refractivity (Wildman–Crippen MR) is 311 cm³/mol. The van der Waals surface area contributed by atoms with Crippen LogP contribution in [0.3, 0.4) is 0 Å². The first kappa shape index (κ1) is 65.5. The van der Waals surface area contributed by atoms with Gasteiger partial charge in [-0.3, -0.25) is 0 Å². The SMILES string of the molecule is C=C(C)CCCCCCCCCCCCCCCCCC/C(C)=C/C(=C)[C@@H](C)CCC(=C)NCCCCCCCC(=C)NCCCCCCCC(=C)NCCCCC(NC(C)C)/C(=C\C)C(C)C. The summed E-state index contributed by atoms with van der Waals surface area (Å²) in [4.78, 5) is 0. The first-order chi connectivity index (χ1) is 32.8. The van der Waals surface area contributed by atoms with E-state index >= 15 is 0 Å². The third-order valence-corrected chi connectivity index (χ3v) is 14.2. The molecule has 0 amide bonds. The topological polar surface area (TPSA) is 48.1 Å². The standard InChI is InChI=1S/C64H120N4/c1-14-63(55(4)5)64(68-56(6)7)47-39-42-52-66-61(12)46-38-31-27-33-40-50-65-60(11)45-37-32-28-34-41-51-67-62(13)49-48-58(9)59(10)53-57(8)44-36-30-26-24-22-20-18-16-15-17-19-21-23-25-29-35-43-54(2)3/h14,53,55-56,58,64-68H,2,10-13,15-52H2,1,3-9H3/b57-53+,63-14-/t58-,64?/m0/s1. The molecule has 0 saturated carbocycles. The van der Waals surface area contributed by atoms with Crippen molar-refractivity contribution in [1.82, 2.24) is 21.3 Å². The molecule has 68 heavy (non-hydrogen) atoms. The summed E-state index contributed by atoms with van der Waals surface area (Å²) in [6, 6.07) is 1.00. The van der Waals surface area contributed by atoms with Gasteiger partial charge in [-0.15, -0.1) is 6.58 Å². The van der Waals surface area contributed by atoms with Crippen LogP contribution < -0.4 is 21.3 Å². The highest BCUT2D eigenvalue weighted by atomic mass is 14.9. The molecule has 4 heteroatoms. The molecule has 0 bridgehead atoms. The van der Waals surface area contributed by atoms with Gasteiger partial charge in [0, 0.05) is 48.8 Å². The summed E-state index contributed by atoms with van der Waals surface area (Å²) in [7, 11) is 0. The number of allylic oxidation sites excluding steroid dienone is 8. The van der Waals surface area contributed by atoms with E-state index in [0.29, 0.717) is 23.9 Å². The molecule has 0 spiro atoms. The number of unbranched alkanes of at least 4 members (excludes halogenated alkanes) is 24. The van der Waals surface area contributed by atoms with Crippen LogP contribution >= 0.6 is 0 Å². The molecule has 0 aliphatic carbocycles. The highest BCUT2D eigenvalue weighted by Crippen LogP contribution is 2.23. The minimum absolute atomic E-state index is 0.494. The van der Waals surface area contributed by atoms with Crippen molar-refractivity contribution >= 4 is 0 Å². The lowest BCUT2D eigenvalue weighted by Gasteiger charge is -2.27. The molecule has 2 atom stereocenters. The van der Waals surface area contributed by atoms with E-state index in [2.05, 4.69) is 122 Å². The Kier molecular flexibility index (Phi) is 45.2. The maximum atomic E-state index is 4.44. The van der Waals surface area contributed by atoms with Crippen LogP contribution in [0.5, 0.6) is 0 Å². The Labute approximate surface area is 427 Å². The average molecular weight is 946 g/mol. The Morgan fingerprint density at radius 3 is 1.15 bits per heavy atom. The lowest BCUT2D eigenvalue weighted by molar-refractivity contribution is 0.438. The molecule has 4 nitrogen and oxygen atoms in total. The van der Waals surface area contributed by atoms with E-state index in [4.69, 9.17) is 0 Å². The van der Waals surface area contributed by atoms with Crippen molar-refractivity contribution in [3.8, 4) is 0 Å². The Bertz CT molecular complexity index is 1310. The van der Waals surface area contributed by atoms with E-state index in [1.807, 2.05) is 0 Å². The summed E-state index contributed by atoms with van der Waals surface area (Å²) in [6.07, 6.45) is 50.4. The van der Waals surface area contributed by atoms with E-state index < -0.39 is 0 Å². The van der Waals surface area contributed by atoms with Gasteiger partial charge in [-0.2, -0.15) is 0 Å². The number of rotatable bonds is 52. The minimum atomic E-state index is 0.494. The van der Waals surface area contributed by atoms with Gasteiger partial charge < -0.3 is 21.3 Å². The van der Waals surface area contributed by atoms with Gasteiger partial charge in [-0.05, 0) is 129 Å². The summed E-state index contributed by atoms with van der Waals surface area (Å²) in [5, 5.41) is 14.6. The zero-order valence-corrected chi connectivity index (χ0v) is 47.4. The van der Waals surface area contributed by atoms with Crippen molar-refractivity contribution in [2.24, 2.45) is 11.8 Å². The molecule has 0 aromatic heterocycles. The van der Waals surface area contributed by atoms with E-state index in [9.17, 15) is 0 Å². The van der Waals surface area contributed by atoms with Crippen LogP contribution in [0.4, 0.5) is 0 Å². The highest BCUT2D eigenvalue weighted by Gasteiger charge is 2.17. The molecular weight excluding hydrogens is 825 g/mol. The quantitative estimate of drug-likeness (QED) is 0.0279. The second-order valence-electron chi connectivity index (χ2n) is 22.1. The second kappa shape index (κ2) is 46.9. The molecular formula is C64H120N4. The van der Waals surface area contributed by atoms with Crippen molar-refractivity contribution < 1.29 is 0 Å². The number of nitrogens with one attached hydrogen (secondary N) is 4. The van der Waals surface area contributed by atoms with Crippen LogP contribution in [0.1, 0.15) is 280 Å². The zero-order valence-electron chi connectivity index (χ0n) is 47.4. The summed E-state index contributed by atoms with van der Waals surface area (Å²) in [5.41, 5.74) is 9.28. The van der Waals surface area contributed by atoms with Crippen LogP contribution in [0.15, 0.2) is 84.4 Å². The van der Waals surface area contributed by atoms with E-state index in [0.717, 1.165) is 45.3 Å². The maximum Gasteiger partial charge on any atom is 0.0284 e. The van der Waals surface area contributed by atoms with Gasteiger partial charge in [0.15, 0.2) is 0 Å². The molecule has 396 valence electrons. The fourth-order valence-corrected chi connectivity index (χ4v) is 9.62. The lowest BCUT2D eigenvalue weighted by atomic mass is 9.91. The Balaban J connectivity index is 3.68. The minimum Gasteiger partial charge on any atom is -0.389 e. The summed E-state index contributed by atoms with van der Waals surface area (Å²) in [6.45, 7) is 42.6. The zero-order chi connectivity index (χ0) is 50.5. The summed E-state index contributed by atoms with van der Waals surface area (Å²) < 4.78 is 0. The lowest BCUT2D eigenvalue weighted by Crippen LogP contribution is -2.37. The first-order valence-electron chi connectivity index (χ1n) is 29.4. The van der Waals surface area contributed by atoms with Gasteiger partial charge in [0.05, 0.1) is 0 Å². The normalized spacial score (nSPS) is 13.0. The Morgan fingerprint density at radius 1 is 0.412 bits per heavy atom. The van der Waals surface area contributed by atoms with E-state index in [-0.39, 0.29) is 0 Å². The smallest absolute Gasteiger partial charge is 0.0284 e. The van der Waals surface area contributed by atoms with Gasteiger partial charge in [0.2, 0.25) is 0 Å². The molecule has 0 aliphatic heterocycles. The molecule has 0 saturated heterocycles. The van der Waals surface area contributed by atoms with Crippen LogP contribution in [-0.4, -0.2) is 31.7 Å². The van der Waals surface area contributed by atoms with Gasteiger partial charge in [-0.1, -0.05) is 224 Å². The van der Waals surface area contributed by atoms with Crippen LogP contribution in [0.25, 0.3) is 0 Å². The van der Waals surface area contributed by atoms with Crippen molar-refractivity contribution in [3.63, 3.8) is 0 Å². The summed E-state index contributed by atoms with van der Waals surface area (Å²) >= 11 is 0. The van der Waals surface area contributed by atoms with Crippen LogP contribution in [0.2, 0.25) is 0 Å². The number of hydrogen-bond donors (Lipinski definition) is 4. The molecule has 0 aliphatic rings. The fraction of sp³-hybridized carbons (Fsp3) is 0.781.